The summed E-state index contributed by atoms with van der Waals surface area (Å²) in [5.74, 6) is -1.53. The maximum atomic E-state index is 11.2. The van der Waals surface area contributed by atoms with E-state index in [1.54, 1.807) is 0 Å². The lowest BCUT2D eigenvalue weighted by molar-refractivity contribution is -0.204. The zero-order valence-electron chi connectivity index (χ0n) is 11.5. The quantitative estimate of drug-likeness (QED) is 0.458. The smallest absolute Gasteiger partial charge is 0.303 e. The van der Waals surface area contributed by atoms with Crippen molar-refractivity contribution in [2.75, 3.05) is 6.61 Å². The van der Waals surface area contributed by atoms with Gasteiger partial charge < -0.3 is 18.9 Å². The van der Waals surface area contributed by atoms with Crippen molar-refractivity contribution >= 4 is 30.5 Å². The van der Waals surface area contributed by atoms with Crippen molar-refractivity contribution in [3.05, 3.63) is 0 Å². The molecule has 8 heteroatoms. The fraction of sp³-hybridized carbons (Fsp3) is 0.750. The lowest BCUT2D eigenvalue weighted by Gasteiger charge is -2.38. The van der Waals surface area contributed by atoms with Gasteiger partial charge in [0.05, 0.1) is 0 Å². The van der Waals surface area contributed by atoms with E-state index in [9.17, 15) is 14.4 Å². The summed E-state index contributed by atoms with van der Waals surface area (Å²) in [4.78, 5) is 33.1. The molecule has 1 rings (SSSR count). The monoisotopic (exact) mass is 306 g/mol. The third kappa shape index (κ3) is 5.38. The van der Waals surface area contributed by atoms with E-state index in [0.717, 1.165) is 0 Å². The second-order valence-electron chi connectivity index (χ2n) is 4.39. The lowest BCUT2D eigenvalue weighted by atomic mass is 10.0. The first-order valence-corrected chi connectivity index (χ1v) is 6.62. The van der Waals surface area contributed by atoms with Crippen molar-refractivity contribution in [3.63, 3.8) is 0 Å². The molecule has 4 atom stereocenters. The Morgan fingerprint density at radius 1 is 1.10 bits per heavy atom. The Morgan fingerprint density at radius 2 is 1.70 bits per heavy atom. The summed E-state index contributed by atoms with van der Waals surface area (Å²) in [5.41, 5.74) is -0.508. The molecule has 0 aromatic rings. The van der Waals surface area contributed by atoms with E-state index in [2.05, 4.69) is 12.6 Å². The molecule has 1 heterocycles. The molecule has 0 radical (unpaired) electrons. The number of hydrogen-bond donors (Lipinski definition) is 1. The van der Waals surface area contributed by atoms with Crippen LogP contribution < -0.4 is 0 Å². The number of carbonyl (C=O) groups excluding carboxylic acids is 3. The van der Waals surface area contributed by atoms with E-state index < -0.39 is 41.7 Å². The van der Waals surface area contributed by atoms with Gasteiger partial charge in [0.1, 0.15) is 24.3 Å². The van der Waals surface area contributed by atoms with E-state index in [0.29, 0.717) is 0 Å². The molecular formula is C12H18O7S. The minimum Gasteiger partial charge on any atom is -0.463 e. The highest BCUT2D eigenvalue weighted by atomic mass is 32.1. The van der Waals surface area contributed by atoms with Gasteiger partial charge in [-0.25, -0.2) is 0 Å². The molecular weight excluding hydrogens is 288 g/mol. The van der Waals surface area contributed by atoms with Crippen LogP contribution in [-0.4, -0.2) is 48.3 Å². The van der Waals surface area contributed by atoms with E-state index in [1.165, 1.54) is 20.8 Å². The van der Waals surface area contributed by atoms with E-state index in [-0.39, 0.29) is 13.0 Å². The minimum absolute atomic E-state index is 0.109. The van der Waals surface area contributed by atoms with Crippen molar-refractivity contribution in [1.82, 2.24) is 0 Å². The van der Waals surface area contributed by atoms with Crippen LogP contribution in [0.4, 0.5) is 0 Å². The summed E-state index contributed by atoms with van der Waals surface area (Å²) >= 11 is 4.18. The highest BCUT2D eigenvalue weighted by molar-refractivity contribution is 7.80. The van der Waals surface area contributed by atoms with Crippen molar-refractivity contribution in [1.29, 1.82) is 0 Å². The maximum absolute atomic E-state index is 11.2. The summed E-state index contributed by atoms with van der Waals surface area (Å²) in [6.45, 7) is 3.64. The van der Waals surface area contributed by atoms with Gasteiger partial charge in [-0.05, 0) is 0 Å². The zero-order valence-corrected chi connectivity index (χ0v) is 12.4. The average Bonchev–Trinajstić information content (AvgIpc) is 2.28. The van der Waals surface area contributed by atoms with E-state index in [4.69, 9.17) is 18.9 Å². The fourth-order valence-corrected chi connectivity index (χ4v) is 2.28. The van der Waals surface area contributed by atoms with Crippen molar-refractivity contribution in [2.45, 2.75) is 50.9 Å². The fourth-order valence-electron chi connectivity index (χ4n) is 1.91. The summed E-state index contributed by atoms with van der Waals surface area (Å²) in [7, 11) is 0. The van der Waals surface area contributed by atoms with E-state index >= 15 is 0 Å². The largest absolute Gasteiger partial charge is 0.463 e. The van der Waals surface area contributed by atoms with Crippen LogP contribution >= 0.6 is 12.6 Å². The van der Waals surface area contributed by atoms with Gasteiger partial charge in [0.2, 0.25) is 0 Å². The first-order valence-electron chi connectivity index (χ1n) is 6.11. The van der Waals surface area contributed by atoms with Gasteiger partial charge in [-0.2, -0.15) is 0 Å². The standard InChI is InChI=1S/C12H18O7S/c1-6(13)16-5-10-12(18-8(3)15)9(17-7(2)14)4-11(20)19-10/h9-12,20H,4-5H2,1-3H3/t9-,10-,11-,12+/m1/s1. The van der Waals surface area contributed by atoms with Gasteiger partial charge >= 0.3 is 17.9 Å². The van der Waals surface area contributed by atoms with Crippen LogP contribution in [0.15, 0.2) is 0 Å². The summed E-state index contributed by atoms with van der Waals surface area (Å²) in [6.07, 6.45) is -1.98. The van der Waals surface area contributed by atoms with Crippen LogP contribution in [0, 0.1) is 0 Å². The zero-order chi connectivity index (χ0) is 15.3. The number of thiol groups is 1. The molecule has 0 unspecified atom stereocenters. The van der Waals surface area contributed by atoms with Gasteiger partial charge in [0.15, 0.2) is 6.10 Å². The molecule has 1 saturated heterocycles. The van der Waals surface area contributed by atoms with Gasteiger partial charge in [-0.3, -0.25) is 14.4 Å². The van der Waals surface area contributed by atoms with Crippen molar-refractivity contribution in [2.24, 2.45) is 0 Å². The van der Waals surface area contributed by atoms with Crippen LogP contribution in [0.2, 0.25) is 0 Å². The SMILES string of the molecule is CC(=O)OC[C@H]1O[C@H](S)C[C@@H](OC(C)=O)[C@@H]1OC(C)=O. The molecule has 0 spiro atoms. The second-order valence-corrected chi connectivity index (χ2v) is 4.97. The van der Waals surface area contributed by atoms with Crippen LogP contribution in [0.25, 0.3) is 0 Å². The van der Waals surface area contributed by atoms with Gasteiger partial charge in [-0.1, -0.05) is 0 Å². The number of ether oxygens (including phenoxy) is 4. The Labute approximate surface area is 122 Å². The van der Waals surface area contributed by atoms with E-state index in [1.807, 2.05) is 0 Å². The molecule has 114 valence electrons. The van der Waals surface area contributed by atoms with Crippen LogP contribution in [0.3, 0.4) is 0 Å². The molecule has 1 aliphatic rings. The molecule has 0 aliphatic carbocycles. The molecule has 1 aliphatic heterocycles. The number of rotatable bonds is 4. The van der Waals surface area contributed by atoms with Crippen molar-refractivity contribution < 1.29 is 33.3 Å². The molecule has 7 nitrogen and oxygen atoms in total. The maximum Gasteiger partial charge on any atom is 0.303 e. The molecule has 0 bridgehead atoms. The number of carbonyl (C=O) groups is 3. The second kappa shape index (κ2) is 7.49. The molecule has 0 aromatic carbocycles. The highest BCUT2D eigenvalue weighted by Crippen LogP contribution is 2.27. The third-order valence-corrected chi connectivity index (χ3v) is 2.90. The molecule has 20 heavy (non-hydrogen) atoms. The predicted molar refractivity (Wildman–Crippen MR) is 70.0 cm³/mol. The predicted octanol–water partition coefficient (Wildman–Crippen LogP) is 0.458. The van der Waals surface area contributed by atoms with Crippen LogP contribution in [-0.2, 0) is 33.3 Å². The van der Waals surface area contributed by atoms with Crippen LogP contribution in [0.1, 0.15) is 27.2 Å². The third-order valence-electron chi connectivity index (χ3n) is 2.57. The molecule has 0 saturated carbocycles. The Kier molecular flexibility index (Phi) is 6.28. The lowest BCUT2D eigenvalue weighted by Crippen LogP contribution is -2.52. The number of esters is 3. The first-order chi connectivity index (χ1) is 9.29. The Bertz CT molecular complexity index is 384. The van der Waals surface area contributed by atoms with Crippen LogP contribution in [0.5, 0.6) is 0 Å². The normalized spacial score (nSPS) is 29.4. The highest BCUT2D eigenvalue weighted by Gasteiger charge is 2.42. The average molecular weight is 306 g/mol. The topological polar surface area (TPSA) is 88.1 Å². The van der Waals surface area contributed by atoms with Gasteiger partial charge in [0.25, 0.3) is 0 Å². The molecule has 0 amide bonds. The Morgan fingerprint density at radius 3 is 2.20 bits per heavy atom. The summed E-state index contributed by atoms with van der Waals surface area (Å²) in [6, 6.07) is 0. The van der Waals surface area contributed by atoms with Gasteiger partial charge in [-0.15, -0.1) is 12.6 Å². The molecule has 0 aromatic heterocycles. The Hall–Kier alpha value is -1.28. The van der Waals surface area contributed by atoms with Gasteiger partial charge in [0, 0.05) is 27.2 Å². The summed E-state index contributed by atoms with van der Waals surface area (Å²) < 4.78 is 20.6. The first kappa shape index (κ1) is 16.8. The molecule has 0 N–H and O–H groups in total. The van der Waals surface area contributed by atoms with Crippen molar-refractivity contribution in [3.8, 4) is 0 Å². The minimum atomic E-state index is -0.834. The number of hydrogen-bond acceptors (Lipinski definition) is 8. The summed E-state index contributed by atoms with van der Waals surface area (Å²) in [5, 5.41) is 0. The molecule has 1 fully saturated rings. The Balaban J connectivity index is 2.82.